The topological polar surface area (TPSA) is 129 Å². The minimum atomic E-state index is -2.37. The zero-order chi connectivity index (χ0) is 29.9. The fourth-order valence-electron chi connectivity index (χ4n) is 2.41. The third-order valence-electron chi connectivity index (χ3n) is 6.94. The molecule has 10 nitrogen and oxygen atoms in total. The summed E-state index contributed by atoms with van der Waals surface area (Å²) in [7, 11) is -2.27. The molecule has 2 N–H and O–H groups in total. The smallest absolute Gasteiger partial charge is 0.325 e. The van der Waals surface area contributed by atoms with Crippen molar-refractivity contribution < 1.29 is 37.5 Å². The van der Waals surface area contributed by atoms with E-state index < -0.39 is 52.6 Å². The molecule has 0 heterocycles. The van der Waals surface area contributed by atoms with E-state index in [9.17, 15) is 19.2 Å². The van der Waals surface area contributed by atoms with Crippen molar-refractivity contribution in [1.29, 1.82) is 0 Å². The lowest BCUT2D eigenvalue weighted by molar-refractivity contribution is -0.141. The third kappa shape index (κ3) is 12.5. The summed E-state index contributed by atoms with van der Waals surface area (Å²) in [5.74, 6) is -2.13. The van der Waals surface area contributed by atoms with E-state index in [1.807, 2.05) is 0 Å². The maximum absolute atomic E-state index is 12.4. The van der Waals surface area contributed by atoms with Gasteiger partial charge in [-0.2, -0.15) is 0 Å². The minimum absolute atomic E-state index is 0.143. The van der Waals surface area contributed by atoms with Gasteiger partial charge in [0.15, 0.2) is 16.6 Å². The number of hydrogen-bond acceptors (Lipinski definition) is 8. The predicted octanol–water partition coefficient (Wildman–Crippen LogP) is 3.46. The quantitative estimate of drug-likeness (QED) is 0.195. The minimum Gasteiger partial charge on any atom is -0.468 e. The molecular formula is C26H48N2O8Si2. The van der Waals surface area contributed by atoms with Gasteiger partial charge in [-0.25, -0.2) is 0 Å². The molecule has 0 fully saturated rings. The molecule has 0 aliphatic heterocycles. The first-order valence-electron chi connectivity index (χ1n) is 12.6. The molecule has 0 aromatic carbocycles. The normalized spacial score (nSPS) is 14.7. The maximum atomic E-state index is 12.4. The van der Waals surface area contributed by atoms with Gasteiger partial charge < -0.3 is 29.0 Å². The standard InChI is InChI=1S/C26H48N2O8Si2/c1-25(2,3)37(9,10)35-19(13-15-21(29)27-17-23(31)33-7)20(36-38(11,12)26(4,5)6)14-16-22(30)28-18-24(32)34-8/h13-16,19-20H,17-18H2,1-12H3,(H,27,29)(H,28,30)/b15-13+,16-14+. The first-order chi connectivity index (χ1) is 17.2. The summed E-state index contributed by atoms with van der Waals surface area (Å²) in [5, 5.41) is 4.66. The van der Waals surface area contributed by atoms with Crippen LogP contribution in [0.1, 0.15) is 41.5 Å². The number of rotatable bonds is 13. The Morgan fingerprint density at radius 3 is 1.18 bits per heavy atom. The van der Waals surface area contributed by atoms with Crippen LogP contribution in [-0.4, -0.2) is 79.9 Å². The Hall–Kier alpha value is -2.29. The second-order valence-electron chi connectivity index (χ2n) is 12.0. The molecule has 2 amide bonds. The molecule has 218 valence electrons. The summed E-state index contributed by atoms with van der Waals surface area (Å²) in [6, 6.07) is 0. The molecule has 2 atom stereocenters. The summed E-state index contributed by atoms with van der Waals surface area (Å²) in [6.45, 7) is 20.4. The lowest BCUT2D eigenvalue weighted by Crippen LogP contribution is -2.51. The number of esters is 2. The lowest BCUT2D eigenvalue weighted by atomic mass is 10.1. The van der Waals surface area contributed by atoms with Gasteiger partial charge in [0.1, 0.15) is 13.1 Å². The van der Waals surface area contributed by atoms with Crippen LogP contribution in [0.4, 0.5) is 0 Å². The zero-order valence-electron chi connectivity index (χ0n) is 25.1. The van der Waals surface area contributed by atoms with E-state index >= 15 is 0 Å². The van der Waals surface area contributed by atoms with E-state index in [4.69, 9.17) is 8.85 Å². The van der Waals surface area contributed by atoms with E-state index in [1.54, 1.807) is 12.2 Å². The number of carbonyl (C=O) groups is 4. The lowest BCUT2D eigenvalue weighted by Gasteiger charge is -2.43. The van der Waals surface area contributed by atoms with E-state index in [0.717, 1.165) is 0 Å². The van der Waals surface area contributed by atoms with Crippen molar-refractivity contribution in [3.63, 3.8) is 0 Å². The van der Waals surface area contributed by atoms with Crippen LogP contribution in [0.3, 0.4) is 0 Å². The number of ether oxygens (including phenoxy) is 2. The van der Waals surface area contributed by atoms with Gasteiger partial charge in [-0.15, -0.1) is 0 Å². The molecule has 0 bridgehead atoms. The Morgan fingerprint density at radius 1 is 0.658 bits per heavy atom. The second kappa shape index (κ2) is 14.8. The van der Waals surface area contributed by atoms with E-state index in [-0.39, 0.29) is 23.2 Å². The summed E-state index contributed by atoms with van der Waals surface area (Å²) < 4.78 is 22.5. The summed E-state index contributed by atoms with van der Waals surface area (Å²) in [6.07, 6.45) is 4.38. The molecule has 2 unspecified atom stereocenters. The molecule has 38 heavy (non-hydrogen) atoms. The van der Waals surface area contributed by atoms with Crippen molar-refractivity contribution in [1.82, 2.24) is 10.6 Å². The van der Waals surface area contributed by atoms with E-state index in [2.05, 4.69) is 87.8 Å². The Kier molecular flexibility index (Phi) is 13.9. The second-order valence-corrected chi connectivity index (χ2v) is 21.5. The van der Waals surface area contributed by atoms with Crippen LogP contribution in [0.2, 0.25) is 36.3 Å². The monoisotopic (exact) mass is 572 g/mol. The van der Waals surface area contributed by atoms with E-state index in [0.29, 0.717) is 0 Å². The molecule has 0 rings (SSSR count). The van der Waals surface area contributed by atoms with Crippen molar-refractivity contribution in [3.8, 4) is 0 Å². The predicted molar refractivity (Wildman–Crippen MR) is 152 cm³/mol. The number of methoxy groups -OCH3 is 2. The SMILES string of the molecule is COC(=O)CNC(=O)/C=C/C(O[Si](C)(C)C(C)(C)C)C(/C=C/C(=O)NCC(=O)OC)O[Si](C)(C)C(C)(C)C. The van der Waals surface area contributed by atoms with Gasteiger partial charge in [0, 0.05) is 12.2 Å². The Bertz CT molecular complexity index is 815. The molecule has 0 radical (unpaired) electrons. The first-order valence-corrected chi connectivity index (χ1v) is 18.4. The molecule has 0 aliphatic rings. The highest BCUT2D eigenvalue weighted by Gasteiger charge is 2.43. The molecule has 0 saturated carbocycles. The highest BCUT2D eigenvalue weighted by atomic mass is 28.4. The maximum Gasteiger partial charge on any atom is 0.325 e. The number of amides is 2. The van der Waals surface area contributed by atoms with Gasteiger partial charge in [-0.1, -0.05) is 41.5 Å². The molecular weight excluding hydrogens is 524 g/mol. The zero-order valence-corrected chi connectivity index (χ0v) is 27.1. The van der Waals surface area contributed by atoms with Crippen molar-refractivity contribution in [2.75, 3.05) is 27.3 Å². The van der Waals surface area contributed by atoms with Crippen molar-refractivity contribution >= 4 is 40.4 Å². The van der Waals surface area contributed by atoms with E-state index in [1.165, 1.54) is 26.4 Å². The number of carbonyl (C=O) groups excluding carboxylic acids is 4. The Balaban J connectivity index is 6.36. The van der Waals surface area contributed by atoms with Gasteiger partial charge >= 0.3 is 11.9 Å². The van der Waals surface area contributed by atoms with Gasteiger partial charge in [-0.05, 0) is 48.4 Å². The van der Waals surface area contributed by atoms with Crippen molar-refractivity contribution in [2.45, 2.75) is 90.0 Å². The molecule has 0 saturated heterocycles. The van der Waals surface area contributed by atoms with Gasteiger partial charge in [0.2, 0.25) is 11.8 Å². The summed E-state index contributed by atoms with van der Waals surface area (Å²) in [4.78, 5) is 47.7. The van der Waals surface area contributed by atoms with Gasteiger partial charge in [-0.3, -0.25) is 19.2 Å². The number of hydrogen-bond donors (Lipinski definition) is 2. The highest BCUT2D eigenvalue weighted by molar-refractivity contribution is 6.74. The first kappa shape index (κ1) is 35.7. The average molecular weight is 573 g/mol. The van der Waals surface area contributed by atoms with Gasteiger partial charge in [0.25, 0.3) is 0 Å². The Labute approximate surface area is 230 Å². The van der Waals surface area contributed by atoms with Crippen LogP contribution in [0.25, 0.3) is 0 Å². The fraction of sp³-hybridized carbons (Fsp3) is 0.692. The summed E-state index contributed by atoms with van der Waals surface area (Å²) >= 11 is 0. The average Bonchev–Trinajstić information content (AvgIpc) is 2.79. The van der Waals surface area contributed by atoms with Crippen LogP contribution in [0.5, 0.6) is 0 Å². The van der Waals surface area contributed by atoms with Crippen LogP contribution in [0, 0.1) is 0 Å². The third-order valence-corrected chi connectivity index (χ3v) is 15.9. The molecule has 0 spiro atoms. The molecule has 0 aromatic rings. The summed E-state index contributed by atoms with van der Waals surface area (Å²) in [5.41, 5.74) is 0. The highest BCUT2D eigenvalue weighted by Crippen LogP contribution is 2.40. The van der Waals surface area contributed by atoms with Crippen molar-refractivity contribution in [3.05, 3.63) is 24.3 Å². The molecule has 12 heteroatoms. The van der Waals surface area contributed by atoms with Crippen LogP contribution in [0.15, 0.2) is 24.3 Å². The fourth-order valence-corrected chi connectivity index (χ4v) is 4.90. The molecule has 0 aliphatic carbocycles. The van der Waals surface area contributed by atoms with Crippen LogP contribution < -0.4 is 10.6 Å². The number of nitrogens with one attached hydrogen (secondary N) is 2. The van der Waals surface area contributed by atoms with Crippen LogP contribution in [-0.2, 0) is 37.5 Å². The largest absolute Gasteiger partial charge is 0.468 e. The Morgan fingerprint density at radius 2 is 0.947 bits per heavy atom. The van der Waals surface area contributed by atoms with Gasteiger partial charge in [0.05, 0.1) is 26.4 Å². The van der Waals surface area contributed by atoms with Crippen molar-refractivity contribution in [2.24, 2.45) is 0 Å². The molecule has 0 aromatic heterocycles. The van der Waals surface area contributed by atoms with Crippen LogP contribution >= 0.6 is 0 Å².